The lowest BCUT2D eigenvalue weighted by Crippen LogP contribution is -2.35. The zero-order valence-corrected chi connectivity index (χ0v) is 11.7. The summed E-state index contributed by atoms with van der Waals surface area (Å²) >= 11 is 0. The van der Waals surface area contributed by atoms with Crippen molar-refractivity contribution in [3.63, 3.8) is 0 Å². The van der Waals surface area contributed by atoms with E-state index in [1.807, 2.05) is 6.07 Å². The van der Waals surface area contributed by atoms with Crippen molar-refractivity contribution in [1.82, 2.24) is 10.5 Å². The Labute approximate surface area is 109 Å². The lowest BCUT2D eigenvalue weighted by atomic mass is 10.1. The van der Waals surface area contributed by atoms with Crippen LogP contribution in [0.3, 0.4) is 0 Å². The summed E-state index contributed by atoms with van der Waals surface area (Å²) in [6.45, 7) is 8.50. The third-order valence-electron chi connectivity index (χ3n) is 3.02. The van der Waals surface area contributed by atoms with Crippen molar-refractivity contribution >= 4 is 0 Å². The Morgan fingerprint density at radius 3 is 2.89 bits per heavy atom. The number of hydrogen-bond donors (Lipinski definition) is 1. The lowest BCUT2D eigenvalue weighted by Gasteiger charge is -2.19. The molecule has 0 saturated heterocycles. The van der Waals surface area contributed by atoms with E-state index in [1.54, 1.807) is 0 Å². The Kier molecular flexibility index (Phi) is 4.40. The molecule has 1 fully saturated rings. The van der Waals surface area contributed by atoms with Gasteiger partial charge in [0.25, 0.3) is 0 Å². The summed E-state index contributed by atoms with van der Waals surface area (Å²) in [4.78, 5) is 0. The molecule has 4 heteroatoms. The molecule has 1 aliphatic carbocycles. The molecule has 0 bridgehead atoms. The monoisotopic (exact) mass is 252 g/mol. The van der Waals surface area contributed by atoms with Crippen molar-refractivity contribution in [1.29, 1.82) is 0 Å². The van der Waals surface area contributed by atoms with Gasteiger partial charge in [0, 0.05) is 24.8 Å². The standard InChI is InChI=1S/C14H24N2O2/c1-14(2,3)15-9-12-8-13(18-16-12)10-17-7-6-11-4-5-11/h8,11,15H,4-7,9-10H2,1-3H3. The zero-order chi connectivity index (χ0) is 13.0. The minimum Gasteiger partial charge on any atom is -0.373 e. The number of hydrogen-bond acceptors (Lipinski definition) is 4. The SMILES string of the molecule is CC(C)(C)NCc1cc(COCCC2CC2)on1. The fraction of sp³-hybridized carbons (Fsp3) is 0.786. The normalized spacial score (nSPS) is 16.2. The predicted molar refractivity (Wildman–Crippen MR) is 70.1 cm³/mol. The molecule has 1 saturated carbocycles. The van der Waals surface area contributed by atoms with Gasteiger partial charge in [-0.3, -0.25) is 0 Å². The van der Waals surface area contributed by atoms with Crippen molar-refractivity contribution in [3.8, 4) is 0 Å². The lowest BCUT2D eigenvalue weighted by molar-refractivity contribution is 0.0961. The fourth-order valence-corrected chi connectivity index (χ4v) is 1.69. The first-order chi connectivity index (χ1) is 8.53. The Morgan fingerprint density at radius 2 is 2.22 bits per heavy atom. The third kappa shape index (κ3) is 5.19. The molecule has 102 valence electrons. The molecule has 2 rings (SSSR count). The van der Waals surface area contributed by atoms with Gasteiger partial charge in [0.15, 0.2) is 5.76 Å². The molecular weight excluding hydrogens is 228 g/mol. The van der Waals surface area contributed by atoms with E-state index >= 15 is 0 Å². The average Bonchev–Trinajstić information content (AvgIpc) is 3.00. The molecule has 4 nitrogen and oxygen atoms in total. The van der Waals surface area contributed by atoms with E-state index in [0.29, 0.717) is 6.61 Å². The first kappa shape index (κ1) is 13.6. The van der Waals surface area contributed by atoms with Crippen molar-refractivity contribution in [2.24, 2.45) is 5.92 Å². The van der Waals surface area contributed by atoms with Crippen LogP contribution in [0.4, 0.5) is 0 Å². The van der Waals surface area contributed by atoms with Crippen molar-refractivity contribution in [2.75, 3.05) is 6.61 Å². The second kappa shape index (κ2) is 5.85. The van der Waals surface area contributed by atoms with Gasteiger partial charge in [-0.2, -0.15) is 0 Å². The summed E-state index contributed by atoms with van der Waals surface area (Å²) in [6.07, 6.45) is 3.95. The fourth-order valence-electron chi connectivity index (χ4n) is 1.69. The van der Waals surface area contributed by atoms with Crippen LogP contribution in [0.1, 0.15) is 51.5 Å². The first-order valence-corrected chi connectivity index (χ1v) is 6.80. The third-order valence-corrected chi connectivity index (χ3v) is 3.02. The summed E-state index contributed by atoms with van der Waals surface area (Å²) in [5, 5.41) is 7.41. The van der Waals surface area contributed by atoms with Crippen molar-refractivity contribution < 1.29 is 9.26 Å². The minimum atomic E-state index is 0.0971. The van der Waals surface area contributed by atoms with Gasteiger partial charge in [-0.25, -0.2) is 0 Å². The van der Waals surface area contributed by atoms with Crippen LogP contribution in [0, 0.1) is 5.92 Å². The molecule has 0 aliphatic heterocycles. The maximum atomic E-state index is 5.58. The van der Waals surface area contributed by atoms with Crippen LogP contribution >= 0.6 is 0 Å². The van der Waals surface area contributed by atoms with Crippen LogP contribution in [-0.4, -0.2) is 17.3 Å². The molecule has 0 unspecified atom stereocenters. The second-order valence-electron chi connectivity index (χ2n) is 6.17. The van der Waals surface area contributed by atoms with Gasteiger partial charge in [-0.05, 0) is 33.1 Å². The van der Waals surface area contributed by atoms with Gasteiger partial charge >= 0.3 is 0 Å². The largest absolute Gasteiger partial charge is 0.373 e. The first-order valence-electron chi connectivity index (χ1n) is 6.80. The van der Waals surface area contributed by atoms with Gasteiger partial charge < -0.3 is 14.6 Å². The van der Waals surface area contributed by atoms with Crippen LogP contribution in [0.25, 0.3) is 0 Å². The molecule has 0 radical (unpaired) electrons. The van der Waals surface area contributed by atoms with Crippen LogP contribution < -0.4 is 5.32 Å². The Hall–Kier alpha value is -0.870. The van der Waals surface area contributed by atoms with E-state index in [4.69, 9.17) is 9.26 Å². The molecule has 1 N–H and O–H groups in total. The summed E-state index contributed by atoms with van der Waals surface area (Å²) < 4.78 is 10.8. The summed E-state index contributed by atoms with van der Waals surface area (Å²) in [5.41, 5.74) is 1.03. The number of rotatable bonds is 7. The van der Waals surface area contributed by atoms with Crippen molar-refractivity contribution in [3.05, 3.63) is 17.5 Å². The highest BCUT2D eigenvalue weighted by atomic mass is 16.5. The van der Waals surface area contributed by atoms with Crippen LogP contribution in [-0.2, 0) is 17.9 Å². The molecule has 0 amide bonds. The van der Waals surface area contributed by atoms with Gasteiger partial charge in [0.2, 0.25) is 0 Å². The average molecular weight is 252 g/mol. The maximum Gasteiger partial charge on any atom is 0.162 e. The van der Waals surface area contributed by atoms with Crippen molar-refractivity contribution in [2.45, 2.75) is 58.7 Å². The van der Waals surface area contributed by atoms with E-state index in [0.717, 1.165) is 30.5 Å². The topological polar surface area (TPSA) is 47.3 Å². The number of ether oxygens (including phenoxy) is 1. The van der Waals surface area contributed by atoms with Gasteiger partial charge in [-0.15, -0.1) is 0 Å². The summed E-state index contributed by atoms with van der Waals surface area (Å²) in [6, 6.07) is 1.97. The number of nitrogens with zero attached hydrogens (tertiary/aromatic N) is 1. The molecular formula is C14H24N2O2. The van der Waals surface area contributed by atoms with Gasteiger partial charge in [0.05, 0.1) is 5.69 Å². The Morgan fingerprint density at radius 1 is 1.44 bits per heavy atom. The van der Waals surface area contributed by atoms with E-state index in [9.17, 15) is 0 Å². The quantitative estimate of drug-likeness (QED) is 0.758. The molecule has 0 spiro atoms. The summed E-state index contributed by atoms with van der Waals surface area (Å²) in [5.74, 6) is 1.74. The van der Waals surface area contributed by atoms with Gasteiger partial charge in [-0.1, -0.05) is 18.0 Å². The number of aromatic nitrogens is 1. The molecule has 0 aromatic carbocycles. The molecule has 0 atom stereocenters. The molecule has 1 aromatic heterocycles. The van der Waals surface area contributed by atoms with Gasteiger partial charge in [0.1, 0.15) is 6.61 Å². The molecule has 1 aliphatic rings. The smallest absolute Gasteiger partial charge is 0.162 e. The Bertz CT molecular complexity index is 364. The predicted octanol–water partition coefficient (Wildman–Crippen LogP) is 2.88. The highest BCUT2D eigenvalue weighted by molar-refractivity contribution is 5.04. The maximum absolute atomic E-state index is 5.58. The van der Waals surface area contributed by atoms with E-state index in [1.165, 1.54) is 19.3 Å². The molecule has 18 heavy (non-hydrogen) atoms. The minimum absolute atomic E-state index is 0.0971. The van der Waals surface area contributed by atoms with Crippen LogP contribution in [0.5, 0.6) is 0 Å². The molecule has 1 heterocycles. The van der Waals surface area contributed by atoms with Crippen LogP contribution in [0.2, 0.25) is 0 Å². The summed E-state index contributed by atoms with van der Waals surface area (Å²) in [7, 11) is 0. The highest BCUT2D eigenvalue weighted by Gasteiger charge is 2.20. The zero-order valence-electron chi connectivity index (χ0n) is 11.7. The van der Waals surface area contributed by atoms with E-state index in [2.05, 4.69) is 31.2 Å². The number of nitrogens with one attached hydrogen (secondary N) is 1. The molecule has 1 aromatic rings. The van der Waals surface area contributed by atoms with E-state index in [-0.39, 0.29) is 5.54 Å². The highest BCUT2D eigenvalue weighted by Crippen LogP contribution is 2.32. The van der Waals surface area contributed by atoms with Crippen LogP contribution in [0.15, 0.2) is 10.6 Å². The second-order valence-corrected chi connectivity index (χ2v) is 6.17. The van der Waals surface area contributed by atoms with E-state index < -0.39 is 0 Å². The Balaban J connectivity index is 1.65.